The summed E-state index contributed by atoms with van der Waals surface area (Å²) in [7, 11) is -4.58. The molecule has 0 bridgehead atoms. The van der Waals surface area contributed by atoms with Crippen LogP contribution < -0.4 is 0 Å². The highest BCUT2D eigenvalue weighted by atomic mass is 32.2. The van der Waals surface area contributed by atoms with E-state index in [0.717, 1.165) is 0 Å². The van der Waals surface area contributed by atoms with Gasteiger partial charge in [0.25, 0.3) is 0 Å². The molecule has 6 heteroatoms. The van der Waals surface area contributed by atoms with Crippen LogP contribution in [0, 0.1) is 0 Å². The number of halogens is 1. The molecular weight excluding hydrogens is 287 g/mol. The Morgan fingerprint density at radius 3 is 1.47 bits per heavy atom. The van der Waals surface area contributed by atoms with Crippen LogP contribution in [-0.2, 0) is 21.9 Å². The maximum absolute atomic E-state index is 10.6. The van der Waals surface area contributed by atoms with E-state index in [4.69, 9.17) is 13.0 Å². The molecule has 19 heavy (non-hydrogen) atoms. The lowest BCUT2D eigenvalue weighted by Crippen LogP contribution is -1.97. The number of hydrogen-bond donors (Lipinski definition) is 0. The summed E-state index contributed by atoms with van der Waals surface area (Å²) in [6.07, 6.45) is 0. The van der Waals surface area contributed by atoms with Crippen molar-refractivity contribution >= 4 is 21.9 Å². The third kappa shape index (κ3) is 7.61. The van der Waals surface area contributed by atoms with Crippen molar-refractivity contribution in [3.8, 4) is 0 Å². The highest BCUT2D eigenvalue weighted by Gasteiger charge is 2.03. The summed E-state index contributed by atoms with van der Waals surface area (Å²) in [6, 6.07) is 19.2. The van der Waals surface area contributed by atoms with Crippen LogP contribution in [-0.4, -0.2) is 19.0 Å². The van der Waals surface area contributed by atoms with Gasteiger partial charge in [-0.05, 0) is 24.3 Å². The predicted octanol–water partition coefficient (Wildman–Crippen LogP) is 2.38. The SMILES string of the molecule is O=S(=O)([O-])CF.c1ccc([SH+]c2ccccc2)cc1. The van der Waals surface area contributed by atoms with Crippen molar-refractivity contribution in [2.24, 2.45) is 0 Å². The molecule has 2 aromatic rings. The van der Waals surface area contributed by atoms with E-state index in [1.165, 1.54) is 21.6 Å². The van der Waals surface area contributed by atoms with Crippen LogP contribution in [0.4, 0.5) is 4.39 Å². The molecule has 0 fully saturated rings. The number of hydrogen-bond acceptors (Lipinski definition) is 3. The Kier molecular flexibility index (Phi) is 6.55. The van der Waals surface area contributed by atoms with Crippen molar-refractivity contribution in [2.45, 2.75) is 9.79 Å². The first-order chi connectivity index (χ1) is 9.01. The maximum Gasteiger partial charge on any atom is 0.179 e. The molecule has 0 saturated heterocycles. The molecule has 0 amide bonds. The molecule has 0 heterocycles. The van der Waals surface area contributed by atoms with Crippen LogP contribution in [0.3, 0.4) is 0 Å². The van der Waals surface area contributed by atoms with Crippen molar-refractivity contribution in [3.63, 3.8) is 0 Å². The van der Waals surface area contributed by atoms with Gasteiger partial charge in [-0.2, -0.15) is 0 Å². The molecule has 0 unspecified atom stereocenters. The Morgan fingerprint density at radius 2 is 1.21 bits per heavy atom. The minimum Gasteiger partial charge on any atom is -0.746 e. The zero-order valence-electron chi connectivity index (χ0n) is 9.94. The summed E-state index contributed by atoms with van der Waals surface area (Å²) in [5.74, 6) is 0. The standard InChI is InChI=1S/C12H10S.CH3FO3S/c1-3-7-11(8-4-1)13-12-9-5-2-6-10-12;2-1-6(3,4)5/h1-10H;1H2,(H,3,4,5). The van der Waals surface area contributed by atoms with E-state index in [1.54, 1.807) is 0 Å². The van der Waals surface area contributed by atoms with Gasteiger partial charge >= 0.3 is 0 Å². The van der Waals surface area contributed by atoms with Crippen molar-refractivity contribution in [2.75, 3.05) is 6.01 Å². The van der Waals surface area contributed by atoms with Crippen LogP contribution in [0.15, 0.2) is 70.5 Å². The molecule has 0 radical (unpaired) electrons. The third-order valence-electron chi connectivity index (χ3n) is 1.90. The van der Waals surface area contributed by atoms with Gasteiger partial charge in [0.1, 0.15) is 10.1 Å². The second-order valence-corrected chi connectivity index (χ2v) is 6.04. The number of rotatable bonds is 3. The molecule has 0 N–H and O–H groups in total. The van der Waals surface area contributed by atoms with Gasteiger partial charge < -0.3 is 4.55 Å². The second kappa shape index (κ2) is 7.93. The number of alkyl halides is 1. The summed E-state index contributed by atoms with van der Waals surface area (Å²) in [4.78, 5) is 2.68. The Labute approximate surface area is 116 Å². The average molecular weight is 300 g/mol. The van der Waals surface area contributed by atoms with Gasteiger partial charge in [-0.3, -0.25) is 0 Å². The van der Waals surface area contributed by atoms with Gasteiger partial charge in [0, 0.05) is 11.8 Å². The maximum atomic E-state index is 10.6. The summed E-state index contributed by atoms with van der Waals surface area (Å²) in [6.45, 7) is 0. The van der Waals surface area contributed by atoms with Gasteiger partial charge in [0.05, 0.1) is 0 Å². The van der Waals surface area contributed by atoms with E-state index in [0.29, 0.717) is 0 Å². The normalized spacial score (nSPS) is 10.4. The fourth-order valence-corrected chi connectivity index (χ4v) is 2.09. The lowest BCUT2D eigenvalue weighted by molar-refractivity contribution is 0.431. The van der Waals surface area contributed by atoms with Crippen LogP contribution in [0.25, 0.3) is 0 Å². The molecule has 0 saturated carbocycles. The summed E-state index contributed by atoms with van der Waals surface area (Å²) in [5, 5.41) is 0. The van der Waals surface area contributed by atoms with Gasteiger partial charge in [-0.15, -0.1) is 0 Å². The van der Waals surface area contributed by atoms with Crippen LogP contribution in [0.2, 0.25) is 0 Å². The van der Waals surface area contributed by atoms with Gasteiger partial charge in [0.15, 0.2) is 15.8 Å². The minimum atomic E-state index is -4.58. The zero-order chi connectivity index (χ0) is 14.1. The van der Waals surface area contributed by atoms with Gasteiger partial charge in [0.2, 0.25) is 0 Å². The van der Waals surface area contributed by atoms with Crippen molar-refractivity contribution < 1.29 is 17.4 Å². The van der Waals surface area contributed by atoms with E-state index in [-0.39, 0.29) is 0 Å². The van der Waals surface area contributed by atoms with Crippen molar-refractivity contribution in [1.82, 2.24) is 0 Å². The van der Waals surface area contributed by atoms with E-state index >= 15 is 0 Å². The van der Waals surface area contributed by atoms with E-state index in [9.17, 15) is 4.39 Å². The average Bonchev–Trinajstić information content (AvgIpc) is 2.41. The molecule has 0 aliphatic carbocycles. The molecule has 2 aromatic carbocycles. The molecule has 2 rings (SSSR count). The Morgan fingerprint density at radius 1 is 0.895 bits per heavy atom. The van der Waals surface area contributed by atoms with E-state index < -0.39 is 16.1 Å². The lowest BCUT2D eigenvalue weighted by atomic mass is 10.4. The lowest BCUT2D eigenvalue weighted by Gasteiger charge is -1.94. The zero-order valence-corrected chi connectivity index (χ0v) is 11.6. The Bertz CT molecular complexity index is 534. The highest BCUT2D eigenvalue weighted by molar-refractivity contribution is 7.85. The van der Waals surface area contributed by atoms with Gasteiger partial charge in [-0.1, -0.05) is 36.4 Å². The molecule has 0 atom stereocenters. The first-order valence-electron chi connectivity index (χ1n) is 5.32. The topological polar surface area (TPSA) is 57.2 Å². The monoisotopic (exact) mass is 300 g/mol. The van der Waals surface area contributed by atoms with Crippen LogP contribution in [0.5, 0.6) is 0 Å². The largest absolute Gasteiger partial charge is 0.746 e. The predicted molar refractivity (Wildman–Crippen MR) is 73.8 cm³/mol. The molecule has 0 aliphatic heterocycles. The molecule has 0 aliphatic rings. The Hall–Kier alpha value is -1.37. The summed E-state index contributed by atoms with van der Waals surface area (Å²) < 4.78 is 37.8. The smallest absolute Gasteiger partial charge is 0.179 e. The molecule has 102 valence electrons. The van der Waals surface area contributed by atoms with Crippen LogP contribution in [0.1, 0.15) is 0 Å². The van der Waals surface area contributed by atoms with Crippen LogP contribution >= 0.6 is 0 Å². The summed E-state index contributed by atoms with van der Waals surface area (Å²) in [5.41, 5.74) is 0. The fraction of sp³-hybridized carbons (Fsp3) is 0.0769. The third-order valence-corrected chi connectivity index (χ3v) is 3.28. The quantitative estimate of drug-likeness (QED) is 0.497. The molecular formula is C13H13FO3S2. The fourth-order valence-electron chi connectivity index (χ4n) is 1.15. The molecule has 3 nitrogen and oxygen atoms in total. The molecule has 0 spiro atoms. The first-order valence-corrected chi connectivity index (χ1v) is 7.80. The first kappa shape index (κ1) is 15.7. The molecule has 0 aromatic heterocycles. The Balaban J connectivity index is 0.000000258. The van der Waals surface area contributed by atoms with Gasteiger partial charge in [-0.25, -0.2) is 12.8 Å². The van der Waals surface area contributed by atoms with Crippen molar-refractivity contribution in [3.05, 3.63) is 60.7 Å². The van der Waals surface area contributed by atoms with E-state index in [1.807, 2.05) is 12.1 Å². The second-order valence-electron chi connectivity index (χ2n) is 3.45. The van der Waals surface area contributed by atoms with Crippen molar-refractivity contribution in [1.29, 1.82) is 0 Å². The number of benzene rings is 2. The minimum absolute atomic E-state index is 1.28. The number of thiol groups is 1. The summed E-state index contributed by atoms with van der Waals surface area (Å²) >= 11 is 1.28. The highest BCUT2D eigenvalue weighted by Crippen LogP contribution is 2.10. The van der Waals surface area contributed by atoms with E-state index in [2.05, 4.69) is 48.5 Å².